The molecular formula is C14H10Br2F3NO4. The molecule has 1 aliphatic rings. The van der Waals surface area contributed by atoms with Crippen molar-refractivity contribution in [3.8, 4) is 0 Å². The van der Waals surface area contributed by atoms with Crippen LogP contribution in [0.3, 0.4) is 0 Å². The first-order valence-electron chi connectivity index (χ1n) is 6.40. The summed E-state index contributed by atoms with van der Waals surface area (Å²) in [4.78, 5) is 23.6. The van der Waals surface area contributed by atoms with Gasteiger partial charge in [-0.05, 0) is 28.1 Å². The van der Waals surface area contributed by atoms with Crippen LogP contribution in [0.15, 0.2) is 32.9 Å². The Labute approximate surface area is 151 Å². The standard InChI is InChI=1S/C14H10Br2F3NO4/c1-13(2)23-11(21)7(12(22)24-13)5-20-10-8(14(17,18)19)3-6(15)4-9(10)16/h3-5,20H,1-2H3. The van der Waals surface area contributed by atoms with E-state index in [2.05, 4.69) is 37.2 Å². The molecule has 2 rings (SSSR count). The zero-order chi connectivity index (χ0) is 18.3. The average Bonchev–Trinajstić information content (AvgIpc) is 2.36. The van der Waals surface area contributed by atoms with Gasteiger partial charge < -0.3 is 14.8 Å². The highest BCUT2D eigenvalue weighted by Crippen LogP contribution is 2.41. The second-order valence-corrected chi connectivity index (χ2v) is 6.96. The molecule has 1 aromatic carbocycles. The summed E-state index contributed by atoms with van der Waals surface area (Å²) in [5.74, 6) is -3.42. The first-order valence-corrected chi connectivity index (χ1v) is 7.99. The van der Waals surface area contributed by atoms with Crippen LogP contribution in [0.5, 0.6) is 0 Å². The van der Waals surface area contributed by atoms with Crippen molar-refractivity contribution >= 4 is 49.5 Å². The number of rotatable bonds is 2. The molecule has 1 N–H and O–H groups in total. The van der Waals surface area contributed by atoms with E-state index in [4.69, 9.17) is 9.47 Å². The lowest BCUT2D eigenvalue weighted by Crippen LogP contribution is -2.42. The van der Waals surface area contributed by atoms with Gasteiger partial charge >= 0.3 is 18.1 Å². The number of carbonyl (C=O) groups excluding carboxylic acids is 2. The Bertz CT molecular complexity index is 722. The predicted molar refractivity (Wildman–Crippen MR) is 84.8 cm³/mol. The van der Waals surface area contributed by atoms with E-state index < -0.39 is 35.0 Å². The van der Waals surface area contributed by atoms with Gasteiger partial charge in [-0.25, -0.2) is 9.59 Å². The summed E-state index contributed by atoms with van der Waals surface area (Å²) in [5, 5.41) is 2.32. The predicted octanol–water partition coefficient (Wildman–Crippen LogP) is 4.36. The van der Waals surface area contributed by atoms with Crippen molar-refractivity contribution in [2.24, 2.45) is 0 Å². The number of hydrogen-bond donors (Lipinski definition) is 1. The highest BCUT2D eigenvalue weighted by atomic mass is 79.9. The molecule has 0 bridgehead atoms. The third-order valence-corrected chi connectivity index (χ3v) is 3.92. The van der Waals surface area contributed by atoms with E-state index in [0.717, 1.165) is 12.3 Å². The molecule has 24 heavy (non-hydrogen) atoms. The van der Waals surface area contributed by atoms with E-state index in [9.17, 15) is 22.8 Å². The van der Waals surface area contributed by atoms with Crippen molar-refractivity contribution < 1.29 is 32.2 Å². The Morgan fingerprint density at radius 2 is 1.67 bits per heavy atom. The molecule has 1 fully saturated rings. The molecule has 1 aliphatic heterocycles. The quantitative estimate of drug-likeness (QED) is 0.393. The monoisotopic (exact) mass is 471 g/mol. The van der Waals surface area contributed by atoms with Gasteiger partial charge in [-0.1, -0.05) is 15.9 Å². The van der Waals surface area contributed by atoms with Crippen molar-refractivity contribution in [3.05, 3.63) is 38.4 Å². The molecule has 0 unspecified atom stereocenters. The van der Waals surface area contributed by atoms with Gasteiger partial charge in [-0.2, -0.15) is 13.2 Å². The van der Waals surface area contributed by atoms with Gasteiger partial charge in [-0.3, -0.25) is 0 Å². The van der Waals surface area contributed by atoms with Crippen LogP contribution in [0.1, 0.15) is 19.4 Å². The molecule has 1 aromatic rings. The second-order valence-electron chi connectivity index (χ2n) is 5.19. The highest BCUT2D eigenvalue weighted by Gasteiger charge is 2.39. The number of halogens is 5. The number of ether oxygens (including phenoxy) is 2. The highest BCUT2D eigenvalue weighted by molar-refractivity contribution is 9.11. The second kappa shape index (κ2) is 6.40. The van der Waals surface area contributed by atoms with Crippen LogP contribution in [0.4, 0.5) is 18.9 Å². The van der Waals surface area contributed by atoms with Gasteiger partial charge in [0.2, 0.25) is 0 Å². The van der Waals surface area contributed by atoms with E-state index in [0.29, 0.717) is 0 Å². The van der Waals surface area contributed by atoms with Crippen molar-refractivity contribution in [2.75, 3.05) is 5.32 Å². The number of anilines is 1. The Hall–Kier alpha value is -1.55. The number of cyclic esters (lactones) is 2. The van der Waals surface area contributed by atoms with Gasteiger partial charge in [-0.15, -0.1) is 0 Å². The number of alkyl halides is 3. The molecule has 0 aromatic heterocycles. The molecule has 0 spiro atoms. The number of carbonyl (C=O) groups is 2. The van der Waals surface area contributed by atoms with Crippen LogP contribution in [0.25, 0.3) is 0 Å². The van der Waals surface area contributed by atoms with Gasteiger partial charge in [0.25, 0.3) is 5.79 Å². The zero-order valence-corrected chi connectivity index (χ0v) is 15.4. The van der Waals surface area contributed by atoms with E-state index in [1.165, 1.54) is 19.9 Å². The summed E-state index contributed by atoms with van der Waals surface area (Å²) in [6.45, 7) is 2.72. The maximum atomic E-state index is 13.1. The van der Waals surface area contributed by atoms with Crippen molar-refractivity contribution in [1.82, 2.24) is 0 Å². The van der Waals surface area contributed by atoms with Crippen molar-refractivity contribution in [1.29, 1.82) is 0 Å². The number of hydrogen-bond acceptors (Lipinski definition) is 5. The summed E-state index contributed by atoms with van der Waals surface area (Å²) in [6, 6.07) is 2.25. The molecule has 1 saturated heterocycles. The largest absolute Gasteiger partial charge is 0.419 e. The molecule has 130 valence electrons. The Balaban J connectivity index is 2.39. The molecule has 10 heteroatoms. The van der Waals surface area contributed by atoms with E-state index in [-0.39, 0.29) is 14.6 Å². The lowest BCUT2D eigenvalue weighted by molar-refractivity contribution is -0.222. The fourth-order valence-electron chi connectivity index (χ4n) is 1.87. The van der Waals surface area contributed by atoms with Crippen LogP contribution < -0.4 is 5.32 Å². The molecule has 0 amide bonds. The third-order valence-electron chi connectivity index (χ3n) is 2.84. The summed E-state index contributed by atoms with van der Waals surface area (Å²) in [6.07, 6.45) is -3.83. The topological polar surface area (TPSA) is 64.6 Å². The summed E-state index contributed by atoms with van der Waals surface area (Å²) >= 11 is 5.99. The lowest BCUT2D eigenvalue weighted by atomic mass is 10.1. The van der Waals surface area contributed by atoms with E-state index in [1.807, 2.05) is 0 Å². The Morgan fingerprint density at radius 3 is 2.17 bits per heavy atom. The normalized spacial score (nSPS) is 17.2. The summed E-state index contributed by atoms with van der Waals surface area (Å²) in [5.41, 5.74) is -1.89. The van der Waals surface area contributed by atoms with Gasteiger partial charge in [0.15, 0.2) is 5.57 Å². The minimum absolute atomic E-state index is 0.0823. The molecule has 5 nitrogen and oxygen atoms in total. The first-order chi connectivity index (χ1) is 10.9. The summed E-state index contributed by atoms with van der Waals surface area (Å²) < 4.78 is 49.4. The maximum absolute atomic E-state index is 13.1. The molecular weight excluding hydrogens is 463 g/mol. The minimum Gasteiger partial charge on any atom is -0.419 e. The molecule has 0 atom stereocenters. The maximum Gasteiger partial charge on any atom is 0.418 e. The van der Waals surface area contributed by atoms with Crippen LogP contribution in [-0.4, -0.2) is 17.7 Å². The first kappa shape index (κ1) is 18.8. The smallest absolute Gasteiger partial charge is 0.418 e. The van der Waals surface area contributed by atoms with Crippen LogP contribution >= 0.6 is 31.9 Å². The van der Waals surface area contributed by atoms with E-state index in [1.54, 1.807) is 0 Å². The van der Waals surface area contributed by atoms with Gasteiger partial charge in [0, 0.05) is 29.0 Å². The Kier molecular flexibility index (Phi) is 5.01. The fourth-order valence-corrected chi connectivity index (χ4v) is 3.21. The zero-order valence-electron chi connectivity index (χ0n) is 12.3. The van der Waals surface area contributed by atoms with Gasteiger partial charge in [0.05, 0.1) is 11.3 Å². The summed E-state index contributed by atoms with van der Waals surface area (Å²) in [7, 11) is 0. The van der Waals surface area contributed by atoms with Crippen LogP contribution in [0, 0.1) is 0 Å². The fraction of sp³-hybridized carbons (Fsp3) is 0.286. The number of esters is 2. The van der Waals surface area contributed by atoms with E-state index >= 15 is 0 Å². The molecule has 0 radical (unpaired) electrons. The number of benzene rings is 1. The SMILES string of the molecule is CC1(C)OC(=O)C(=CNc2c(Br)cc(Br)cc2C(F)(F)F)C(=O)O1. The lowest BCUT2D eigenvalue weighted by Gasteiger charge is -2.29. The van der Waals surface area contributed by atoms with Crippen LogP contribution in [0.2, 0.25) is 0 Å². The molecule has 0 saturated carbocycles. The Morgan fingerprint density at radius 1 is 1.12 bits per heavy atom. The molecule has 0 aliphatic carbocycles. The van der Waals surface area contributed by atoms with Crippen LogP contribution in [-0.2, 0) is 25.2 Å². The average molecular weight is 473 g/mol. The number of nitrogens with one attached hydrogen (secondary N) is 1. The van der Waals surface area contributed by atoms with Crippen molar-refractivity contribution in [3.63, 3.8) is 0 Å². The van der Waals surface area contributed by atoms with Gasteiger partial charge in [0.1, 0.15) is 0 Å². The van der Waals surface area contributed by atoms with Crippen molar-refractivity contribution in [2.45, 2.75) is 25.8 Å². The minimum atomic E-state index is -4.65. The molecule has 1 heterocycles. The third kappa shape index (κ3) is 4.10.